The van der Waals surface area contributed by atoms with Crippen molar-refractivity contribution in [3.05, 3.63) is 77.5 Å². The maximum atomic E-state index is 12.9. The Morgan fingerprint density at radius 3 is 2.61 bits per heavy atom. The zero-order chi connectivity index (χ0) is 25.0. The van der Waals surface area contributed by atoms with Gasteiger partial charge in [-0.25, -0.2) is 9.48 Å². The van der Waals surface area contributed by atoms with Crippen LogP contribution in [0.4, 0.5) is 0 Å². The number of amides is 3. The molecule has 36 heavy (non-hydrogen) atoms. The summed E-state index contributed by atoms with van der Waals surface area (Å²) < 4.78 is 1.62. The molecule has 4 aromatic rings. The summed E-state index contributed by atoms with van der Waals surface area (Å²) in [5.74, 6) is -1.96. The number of hydrogen-bond donors (Lipinski definition) is 2. The summed E-state index contributed by atoms with van der Waals surface area (Å²) in [7, 11) is 0. The number of carboxylic acid groups (broad SMARTS) is 1. The van der Waals surface area contributed by atoms with Crippen LogP contribution < -0.4 is 5.32 Å². The van der Waals surface area contributed by atoms with Crippen LogP contribution in [0.2, 0.25) is 0 Å². The van der Waals surface area contributed by atoms with E-state index in [1.165, 1.54) is 4.90 Å². The number of aromatic nitrogens is 3. The van der Waals surface area contributed by atoms with E-state index >= 15 is 0 Å². The molecule has 1 aromatic heterocycles. The van der Waals surface area contributed by atoms with Gasteiger partial charge in [-0.1, -0.05) is 23.4 Å². The first-order valence-corrected chi connectivity index (χ1v) is 11.4. The van der Waals surface area contributed by atoms with Gasteiger partial charge in [-0.15, -0.1) is 5.10 Å². The predicted octanol–water partition coefficient (Wildman–Crippen LogP) is 2.55. The van der Waals surface area contributed by atoms with E-state index in [0.29, 0.717) is 17.7 Å². The van der Waals surface area contributed by atoms with Crippen molar-refractivity contribution in [1.29, 1.82) is 0 Å². The zero-order valence-corrected chi connectivity index (χ0v) is 18.8. The molecular formula is C26H19N5O5. The number of benzene rings is 3. The van der Waals surface area contributed by atoms with Crippen LogP contribution in [0.3, 0.4) is 0 Å². The van der Waals surface area contributed by atoms with Crippen LogP contribution in [0.5, 0.6) is 0 Å². The van der Waals surface area contributed by atoms with Crippen molar-refractivity contribution in [3.63, 3.8) is 0 Å². The molecule has 6 rings (SSSR count). The molecule has 10 heteroatoms. The summed E-state index contributed by atoms with van der Waals surface area (Å²) in [6.07, 6.45) is 2.30. The highest BCUT2D eigenvalue weighted by Gasteiger charge is 2.39. The molecule has 1 saturated heterocycles. The molecule has 1 fully saturated rings. The Bertz CT molecular complexity index is 1610. The molecule has 10 nitrogen and oxygen atoms in total. The molecule has 2 aliphatic rings. The van der Waals surface area contributed by atoms with Crippen molar-refractivity contribution in [2.24, 2.45) is 0 Å². The van der Waals surface area contributed by atoms with Gasteiger partial charge in [-0.3, -0.25) is 19.7 Å². The maximum Gasteiger partial charge on any atom is 0.335 e. The van der Waals surface area contributed by atoms with Gasteiger partial charge in [0, 0.05) is 24.1 Å². The molecule has 2 aliphatic heterocycles. The van der Waals surface area contributed by atoms with Crippen LogP contribution in [0.25, 0.3) is 27.7 Å². The van der Waals surface area contributed by atoms with E-state index < -0.39 is 17.9 Å². The van der Waals surface area contributed by atoms with Gasteiger partial charge in [0.1, 0.15) is 11.7 Å². The topological polar surface area (TPSA) is 134 Å². The van der Waals surface area contributed by atoms with Gasteiger partial charge >= 0.3 is 5.97 Å². The van der Waals surface area contributed by atoms with Gasteiger partial charge in [0.25, 0.3) is 5.91 Å². The quantitative estimate of drug-likeness (QED) is 0.428. The van der Waals surface area contributed by atoms with Gasteiger partial charge in [0.05, 0.1) is 17.4 Å². The second-order valence-corrected chi connectivity index (χ2v) is 8.87. The molecule has 1 unspecified atom stereocenters. The maximum absolute atomic E-state index is 12.9. The van der Waals surface area contributed by atoms with E-state index in [1.54, 1.807) is 41.2 Å². The highest BCUT2D eigenvalue weighted by molar-refractivity contribution is 6.05. The van der Waals surface area contributed by atoms with Crippen molar-refractivity contribution in [2.75, 3.05) is 0 Å². The average molecular weight is 481 g/mol. The van der Waals surface area contributed by atoms with Gasteiger partial charge < -0.3 is 10.0 Å². The van der Waals surface area contributed by atoms with Crippen molar-refractivity contribution in [1.82, 2.24) is 25.2 Å². The first-order chi connectivity index (χ1) is 17.4. The van der Waals surface area contributed by atoms with Crippen LogP contribution in [0.1, 0.15) is 39.1 Å². The number of fused-ring (bicyclic) bond motifs is 2. The number of carboxylic acids is 1. The van der Waals surface area contributed by atoms with Crippen molar-refractivity contribution >= 4 is 34.5 Å². The first kappa shape index (κ1) is 21.7. The molecule has 0 radical (unpaired) electrons. The number of nitrogens with one attached hydrogen (secondary N) is 1. The minimum Gasteiger partial charge on any atom is -0.478 e. The Labute approximate surface area is 204 Å². The lowest BCUT2D eigenvalue weighted by molar-refractivity contribution is -0.136. The summed E-state index contributed by atoms with van der Waals surface area (Å²) in [6, 6.07) is 15.3. The summed E-state index contributed by atoms with van der Waals surface area (Å²) >= 11 is 0. The highest BCUT2D eigenvalue weighted by Crippen LogP contribution is 2.30. The molecule has 178 valence electrons. The van der Waals surface area contributed by atoms with Crippen LogP contribution in [0, 0.1) is 0 Å². The second kappa shape index (κ2) is 8.12. The van der Waals surface area contributed by atoms with E-state index in [4.69, 9.17) is 0 Å². The third kappa shape index (κ3) is 3.59. The van der Waals surface area contributed by atoms with Crippen LogP contribution in [-0.4, -0.2) is 54.7 Å². The number of piperidine rings is 1. The van der Waals surface area contributed by atoms with Crippen molar-refractivity contribution in [3.8, 4) is 16.9 Å². The molecule has 3 amide bonds. The standard InChI is InChI=1S/C26H19N5O5/c32-23-8-7-22(24(33)27-23)30-12-18-11-19(5-6-20(18)25(30)34)31-13-21(28-29-31)16-3-1-15-10-17(26(35)36)4-2-14(15)9-16/h1-6,9-11,13,22H,7-8,12H2,(H,35,36)(H,27,32,33). The normalized spacial score (nSPS) is 17.4. The number of imide groups is 1. The molecule has 3 heterocycles. The van der Waals surface area contributed by atoms with Crippen molar-refractivity contribution < 1.29 is 24.3 Å². The number of aromatic carboxylic acids is 1. The van der Waals surface area contributed by atoms with Crippen LogP contribution in [0.15, 0.2) is 60.8 Å². The molecule has 0 saturated carbocycles. The fraction of sp³-hybridized carbons (Fsp3) is 0.154. The average Bonchev–Trinajstić information content (AvgIpc) is 3.48. The molecule has 2 N–H and O–H groups in total. The van der Waals surface area contributed by atoms with E-state index in [1.807, 2.05) is 24.3 Å². The Morgan fingerprint density at radius 2 is 1.81 bits per heavy atom. The molecule has 0 spiro atoms. The predicted molar refractivity (Wildman–Crippen MR) is 127 cm³/mol. The van der Waals surface area contributed by atoms with E-state index in [9.17, 15) is 24.3 Å². The highest BCUT2D eigenvalue weighted by atomic mass is 16.4. The Morgan fingerprint density at radius 1 is 1.00 bits per heavy atom. The zero-order valence-electron chi connectivity index (χ0n) is 18.8. The summed E-state index contributed by atoms with van der Waals surface area (Å²) in [6.45, 7) is 0.277. The van der Waals surface area contributed by atoms with E-state index in [-0.39, 0.29) is 30.3 Å². The number of rotatable bonds is 4. The number of carbonyl (C=O) groups is 4. The fourth-order valence-corrected chi connectivity index (χ4v) is 4.76. The summed E-state index contributed by atoms with van der Waals surface area (Å²) in [4.78, 5) is 49.4. The Kier molecular flexibility index (Phi) is 4.89. The van der Waals surface area contributed by atoms with Gasteiger partial charge in [0.15, 0.2) is 0 Å². The minimum atomic E-state index is -0.972. The second-order valence-electron chi connectivity index (χ2n) is 8.87. The first-order valence-electron chi connectivity index (χ1n) is 11.4. The van der Waals surface area contributed by atoms with Gasteiger partial charge in [-0.05, 0) is 59.2 Å². The van der Waals surface area contributed by atoms with Crippen LogP contribution in [-0.2, 0) is 16.1 Å². The third-order valence-corrected chi connectivity index (χ3v) is 6.65. The van der Waals surface area contributed by atoms with E-state index in [0.717, 1.165) is 27.6 Å². The third-order valence-electron chi connectivity index (χ3n) is 6.65. The van der Waals surface area contributed by atoms with Crippen molar-refractivity contribution in [2.45, 2.75) is 25.4 Å². The van der Waals surface area contributed by atoms with Gasteiger partial charge in [-0.2, -0.15) is 0 Å². The molecule has 0 bridgehead atoms. The molecule has 0 aliphatic carbocycles. The minimum absolute atomic E-state index is 0.207. The van der Waals surface area contributed by atoms with Crippen LogP contribution >= 0.6 is 0 Å². The molecule has 3 aromatic carbocycles. The Balaban J connectivity index is 1.26. The number of hydrogen-bond acceptors (Lipinski definition) is 6. The smallest absolute Gasteiger partial charge is 0.335 e. The summed E-state index contributed by atoms with van der Waals surface area (Å²) in [5, 5.41) is 21.7. The number of nitrogens with zero attached hydrogens (tertiary/aromatic N) is 4. The van der Waals surface area contributed by atoms with E-state index in [2.05, 4.69) is 15.6 Å². The fourth-order valence-electron chi connectivity index (χ4n) is 4.76. The molecule has 1 atom stereocenters. The number of carbonyl (C=O) groups excluding carboxylic acids is 3. The lowest BCUT2D eigenvalue weighted by Gasteiger charge is -2.29. The monoisotopic (exact) mass is 481 g/mol. The lowest BCUT2D eigenvalue weighted by Crippen LogP contribution is -2.52. The van der Waals surface area contributed by atoms with Gasteiger partial charge in [0.2, 0.25) is 11.8 Å². The molecular weight excluding hydrogens is 462 g/mol. The summed E-state index contributed by atoms with van der Waals surface area (Å²) in [5.41, 5.74) is 3.72. The Hall–Kier alpha value is -4.86. The SMILES string of the molecule is O=C1CCC(N2Cc3cc(-n4cc(-c5ccc6cc(C(=O)O)ccc6c5)nn4)ccc3C2=O)C(=O)N1. The lowest BCUT2D eigenvalue weighted by atomic mass is 10.0. The largest absolute Gasteiger partial charge is 0.478 e.